The molecule has 0 amide bonds. The summed E-state index contributed by atoms with van der Waals surface area (Å²) in [5, 5.41) is 5.41. The monoisotopic (exact) mass is 321 g/mol. The first-order valence-corrected chi connectivity index (χ1v) is 6.98. The predicted molar refractivity (Wildman–Crippen MR) is 74.1 cm³/mol. The Morgan fingerprint density at radius 3 is 2.60 bits per heavy atom. The number of thiazole rings is 1. The van der Waals surface area contributed by atoms with E-state index in [0.717, 1.165) is 12.3 Å². The van der Waals surface area contributed by atoms with E-state index in [2.05, 4.69) is 15.3 Å². The second kappa shape index (κ2) is 5.57. The molecule has 108 valence electrons. The number of nitrogens with zero attached hydrogens (tertiary/aromatic N) is 2. The van der Waals surface area contributed by atoms with E-state index in [4.69, 9.17) is 11.6 Å². The molecule has 2 rings (SSSR count). The second-order valence-electron chi connectivity index (χ2n) is 4.39. The molecular weight excluding hydrogens is 311 g/mol. The largest absolute Gasteiger partial charge is 0.417 e. The minimum Gasteiger partial charge on any atom is -0.359 e. The molecule has 2 aromatic heterocycles. The van der Waals surface area contributed by atoms with Gasteiger partial charge in [-0.05, 0) is 19.9 Å². The summed E-state index contributed by atoms with van der Waals surface area (Å²) in [4.78, 5) is 8.02. The third kappa shape index (κ3) is 3.40. The van der Waals surface area contributed by atoms with E-state index < -0.39 is 11.7 Å². The molecule has 0 bridgehead atoms. The lowest BCUT2D eigenvalue weighted by atomic mass is 10.2. The Kier molecular flexibility index (Phi) is 4.19. The van der Waals surface area contributed by atoms with Crippen LogP contribution in [0.4, 0.5) is 18.3 Å². The summed E-state index contributed by atoms with van der Waals surface area (Å²) in [5.41, 5.74) is -0.174. The van der Waals surface area contributed by atoms with Crippen molar-refractivity contribution < 1.29 is 13.2 Å². The molecule has 8 heteroatoms. The highest BCUT2D eigenvalue weighted by Gasteiger charge is 2.31. The fourth-order valence-corrected chi connectivity index (χ4v) is 2.58. The maximum atomic E-state index is 12.5. The minimum atomic E-state index is -4.46. The Morgan fingerprint density at radius 2 is 2.05 bits per heavy atom. The van der Waals surface area contributed by atoms with Crippen LogP contribution in [0.1, 0.15) is 19.4 Å². The SMILES string of the molecule is CC(C)Nc1nc(-c2ncc(C(F)(F)F)cc2Cl)cs1. The summed E-state index contributed by atoms with van der Waals surface area (Å²) < 4.78 is 37.6. The van der Waals surface area contributed by atoms with Gasteiger partial charge in [0.15, 0.2) is 5.13 Å². The fraction of sp³-hybridized carbons (Fsp3) is 0.333. The number of rotatable bonds is 3. The summed E-state index contributed by atoms with van der Waals surface area (Å²) in [6.45, 7) is 3.93. The smallest absolute Gasteiger partial charge is 0.359 e. The Bertz CT molecular complexity index is 610. The zero-order valence-corrected chi connectivity index (χ0v) is 12.2. The summed E-state index contributed by atoms with van der Waals surface area (Å²) in [6, 6.07) is 1.07. The van der Waals surface area contributed by atoms with E-state index in [-0.39, 0.29) is 16.8 Å². The number of anilines is 1. The number of hydrogen-bond donors (Lipinski definition) is 1. The summed E-state index contributed by atoms with van der Waals surface area (Å²) in [7, 11) is 0. The molecule has 0 aromatic carbocycles. The van der Waals surface area contributed by atoms with Crippen LogP contribution in [-0.4, -0.2) is 16.0 Å². The molecule has 0 saturated carbocycles. The molecule has 0 fully saturated rings. The Balaban J connectivity index is 2.31. The number of aromatic nitrogens is 2. The lowest BCUT2D eigenvalue weighted by Crippen LogP contribution is -2.09. The van der Waals surface area contributed by atoms with Crippen molar-refractivity contribution in [3.8, 4) is 11.4 Å². The Labute approximate surface area is 122 Å². The number of alkyl halides is 3. The van der Waals surface area contributed by atoms with Gasteiger partial charge in [-0.25, -0.2) is 4.98 Å². The van der Waals surface area contributed by atoms with Crippen LogP contribution < -0.4 is 5.32 Å². The van der Waals surface area contributed by atoms with Crippen molar-refractivity contribution in [2.24, 2.45) is 0 Å². The van der Waals surface area contributed by atoms with Crippen molar-refractivity contribution in [2.75, 3.05) is 5.32 Å². The zero-order chi connectivity index (χ0) is 14.9. The first-order chi connectivity index (χ1) is 9.27. The molecule has 2 aromatic rings. The van der Waals surface area contributed by atoms with Crippen LogP contribution in [0.3, 0.4) is 0 Å². The average Bonchev–Trinajstić information content (AvgIpc) is 2.75. The maximum absolute atomic E-state index is 12.5. The zero-order valence-electron chi connectivity index (χ0n) is 10.6. The molecule has 0 atom stereocenters. The third-order valence-electron chi connectivity index (χ3n) is 2.33. The Hall–Kier alpha value is -1.34. The predicted octanol–water partition coefficient (Wildman–Crippen LogP) is 4.70. The number of hydrogen-bond acceptors (Lipinski definition) is 4. The molecule has 1 N–H and O–H groups in total. The lowest BCUT2D eigenvalue weighted by molar-refractivity contribution is -0.137. The Morgan fingerprint density at radius 1 is 1.35 bits per heavy atom. The molecule has 0 unspecified atom stereocenters. The van der Waals surface area contributed by atoms with Gasteiger partial charge in [0.25, 0.3) is 0 Å². The molecule has 0 aliphatic heterocycles. The van der Waals surface area contributed by atoms with Gasteiger partial charge in [-0.1, -0.05) is 11.6 Å². The van der Waals surface area contributed by atoms with E-state index in [1.807, 2.05) is 13.8 Å². The molecule has 3 nitrogen and oxygen atoms in total. The van der Waals surface area contributed by atoms with Crippen LogP contribution in [0, 0.1) is 0 Å². The molecule has 0 spiro atoms. The van der Waals surface area contributed by atoms with Gasteiger partial charge in [0.1, 0.15) is 11.4 Å². The van der Waals surface area contributed by atoms with Gasteiger partial charge >= 0.3 is 6.18 Å². The van der Waals surface area contributed by atoms with Gasteiger partial charge in [-0.2, -0.15) is 13.2 Å². The molecule has 2 heterocycles. The van der Waals surface area contributed by atoms with E-state index in [1.165, 1.54) is 11.3 Å². The standard InChI is InChI=1S/C12H11ClF3N3S/c1-6(2)18-11-19-9(5-20-11)10-8(13)3-7(4-17-10)12(14,15)16/h3-6H,1-2H3,(H,18,19). The first-order valence-electron chi connectivity index (χ1n) is 5.72. The highest BCUT2D eigenvalue weighted by molar-refractivity contribution is 7.14. The molecule has 0 radical (unpaired) electrons. The maximum Gasteiger partial charge on any atom is 0.417 e. The van der Waals surface area contributed by atoms with Gasteiger partial charge in [0, 0.05) is 17.6 Å². The molecule has 0 aliphatic rings. The average molecular weight is 322 g/mol. The van der Waals surface area contributed by atoms with E-state index in [1.54, 1.807) is 5.38 Å². The van der Waals surface area contributed by atoms with E-state index >= 15 is 0 Å². The third-order valence-corrected chi connectivity index (χ3v) is 3.39. The second-order valence-corrected chi connectivity index (χ2v) is 5.65. The van der Waals surface area contributed by atoms with Crippen molar-refractivity contribution in [3.05, 3.63) is 28.2 Å². The molecule has 0 aliphatic carbocycles. The number of nitrogens with one attached hydrogen (secondary N) is 1. The van der Waals surface area contributed by atoms with Gasteiger partial charge in [0.2, 0.25) is 0 Å². The highest BCUT2D eigenvalue weighted by Crippen LogP contribution is 2.34. The molecule has 20 heavy (non-hydrogen) atoms. The van der Waals surface area contributed by atoms with Gasteiger partial charge in [-0.3, -0.25) is 4.98 Å². The van der Waals surface area contributed by atoms with Crippen molar-refractivity contribution in [2.45, 2.75) is 26.1 Å². The van der Waals surface area contributed by atoms with Gasteiger partial charge in [0.05, 0.1) is 10.6 Å². The van der Waals surface area contributed by atoms with Gasteiger partial charge in [-0.15, -0.1) is 11.3 Å². The van der Waals surface area contributed by atoms with Crippen molar-refractivity contribution in [3.63, 3.8) is 0 Å². The summed E-state index contributed by atoms with van der Waals surface area (Å²) in [5.74, 6) is 0. The minimum absolute atomic E-state index is 0.0683. The van der Waals surface area contributed by atoms with Crippen LogP contribution >= 0.6 is 22.9 Å². The summed E-state index contributed by atoms with van der Waals surface area (Å²) >= 11 is 7.21. The van der Waals surface area contributed by atoms with Crippen LogP contribution in [0.5, 0.6) is 0 Å². The van der Waals surface area contributed by atoms with Crippen molar-refractivity contribution in [1.29, 1.82) is 0 Å². The normalized spacial score (nSPS) is 11.9. The molecule has 0 saturated heterocycles. The quantitative estimate of drug-likeness (QED) is 0.890. The summed E-state index contributed by atoms with van der Waals surface area (Å²) in [6.07, 6.45) is -3.70. The van der Waals surface area contributed by atoms with E-state index in [0.29, 0.717) is 10.8 Å². The lowest BCUT2D eigenvalue weighted by Gasteiger charge is -2.08. The number of pyridine rings is 1. The van der Waals surface area contributed by atoms with Crippen molar-refractivity contribution in [1.82, 2.24) is 9.97 Å². The molecular formula is C12H11ClF3N3S. The van der Waals surface area contributed by atoms with Gasteiger partial charge < -0.3 is 5.32 Å². The highest BCUT2D eigenvalue weighted by atomic mass is 35.5. The fourth-order valence-electron chi connectivity index (χ4n) is 1.48. The van der Waals surface area contributed by atoms with Crippen LogP contribution in [0.15, 0.2) is 17.6 Å². The topological polar surface area (TPSA) is 37.8 Å². The van der Waals surface area contributed by atoms with Crippen LogP contribution in [-0.2, 0) is 6.18 Å². The first kappa shape index (κ1) is 15.1. The van der Waals surface area contributed by atoms with Crippen LogP contribution in [0.25, 0.3) is 11.4 Å². The van der Waals surface area contributed by atoms with Crippen LogP contribution in [0.2, 0.25) is 5.02 Å². The number of halogens is 4. The van der Waals surface area contributed by atoms with E-state index in [9.17, 15) is 13.2 Å². The van der Waals surface area contributed by atoms with Crippen molar-refractivity contribution >= 4 is 28.1 Å².